The normalized spacial score (nSPS) is 16.2. The summed E-state index contributed by atoms with van der Waals surface area (Å²) in [7, 11) is -2.12. The third kappa shape index (κ3) is 3.89. The van der Waals surface area contributed by atoms with Crippen LogP contribution in [0.25, 0.3) is 5.78 Å². The van der Waals surface area contributed by atoms with Gasteiger partial charge in [0.25, 0.3) is 11.7 Å². The number of sulfonamides is 1. The van der Waals surface area contributed by atoms with Crippen molar-refractivity contribution in [2.24, 2.45) is 12.8 Å². The summed E-state index contributed by atoms with van der Waals surface area (Å²) in [4.78, 5) is 22.5. The van der Waals surface area contributed by atoms with E-state index >= 15 is 0 Å². The van der Waals surface area contributed by atoms with E-state index in [9.17, 15) is 13.2 Å². The number of hydrogen-bond donors (Lipinski definition) is 1. The molecule has 13 heteroatoms. The number of nitrogens with zero attached hydrogens (tertiary/aromatic N) is 7. The van der Waals surface area contributed by atoms with Gasteiger partial charge in [0.05, 0.1) is 6.67 Å². The Balaban J connectivity index is 1.50. The van der Waals surface area contributed by atoms with Crippen molar-refractivity contribution in [3.05, 3.63) is 40.2 Å². The van der Waals surface area contributed by atoms with Crippen LogP contribution >= 0.6 is 12.2 Å². The lowest BCUT2D eigenvalue weighted by molar-refractivity contribution is 0.0992. The molecule has 2 N–H and O–H groups in total. The topological polar surface area (TPSA) is 124 Å². The van der Waals surface area contributed by atoms with E-state index in [2.05, 4.69) is 14.9 Å². The van der Waals surface area contributed by atoms with Crippen LogP contribution in [0, 0.1) is 18.6 Å². The maximum Gasteiger partial charge on any atom is 0.265 e. The molecule has 31 heavy (non-hydrogen) atoms. The molecule has 1 fully saturated rings. The fourth-order valence-electron chi connectivity index (χ4n) is 3.85. The van der Waals surface area contributed by atoms with Crippen molar-refractivity contribution in [2.75, 3.05) is 26.2 Å². The third-order valence-electron chi connectivity index (χ3n) is 5.41. The summed E-state index contributed by atoms with van der Waals surface area (Å²) in [5, 5.41) is 0. The number of amides is 1. The van der Waals surface area contributed by atoms with Crippen molar-refractivity contribution in [2.45, 2.75) is 25.4 Å². The standard InChI is InChI=1S/C18H24N8O3S2/c1-12-8-13(2)26-17(20-12)21-18(30)25(26)11-23-4-6-24(7-5-23)31(28,29)14-9-15(16(19)27)22(3)10-14/h8-10H,4-7,11H2,1-3H3,(H2,19,27). The fourth-order valence-corrected chi connectivity index (χ4v) is 5.57. The minimum Gasteiger partial charge on any atom is -0.364 e. The molecular formula is C18H24N8O3S2. The molecule has 0 radical (unpaired) electrons. The second kappa shape index (κ2) is 7.82. The number of primary amides is 1. The Morgan fingerprint density at radius 3 is 2.45 bits per heavy atom. The SMILES string of the molecule is Cc1cc(C)n2c(n1)nc(=S)n2CN1CCN(S(=O)(=O)c2cc(C(N)=O)n(C)c2)CC1. The molecule has 0 saturated carbocycles. The quantitative estimate of drug-likeness (QED) is 0.538. The Labute approximate surface area is 184 Å². The first-order chi connectivity index (χ1) is 14.6. The first kappa shape index (κ1) is 21.6. The summed E-state index contributed by atoms with van der Waals surface area (Å²) in [6, 6.07) is 3.28. The molecule has 0 bridgehead atoms. The molecule has 0 aromatic carbocycles. The molecule has 1 aliphatic heterocycles. The number of nitrogens with two attached hydrogens (primary N) is 1. The van der Waals surface area contributed by atoms with Crippen LogP contribution < -0.4 is 5.73 Å². The minimum absolute atomic E-state index is 0.0679. The molecule has 4 heterocycles. The lowest BCUT2D eigenvalue weighted by Gasteiger charge is -2.33. The molecule has 0 atom stereocenters. The summed E-state index contributed by atoms with van der Waals surface area (Å²) >= 11 is 5.42. The van der Waals surface area contributed by atoms with Crippen LogP contribution in [-0.2, 0) is 23.7 Å². The van der Waals surface area contributed by atoms with Gasteiger partial charge in [-0.25, -0.2) is 22.6 Å². The van der Waals surface area contributed by atoms with Gasteiger partial charge in [-0.15, -0.1) is 0 Å². The van der Waals surface area contributed by atoms with Crippen LogP contribution in [0.2, 0.25) is 0 Å². The number of fused-ring (bicyclic) bond motifs is 1. The van der Waals surface area contributed by atoms with Crippen molar-refractivity contribution < 1.29 is 13.2 Å². The predicted molar refractivity (Wildman–Crippen MR) is 116 cm³/mol. The monoisotopic (exact) mass is 464 g/mol. The molecule has 3 aromatic rings. The summed E-state index contributed by atoms with van der Waals surface area (Å²) in [6.07, 6.45) is 1.41. The van der Waals surface area contributed by atoms with E-state index in [1.54, 1.807) is 7.05 Å². The molecule has 1 aliphatic rings. The van der Waals surface area contributed by atoms with E-state index in [1.165, 1.54) is 21.1 Å². The van der Waals surface area contributed by atoms with Gasteiger partial charge in [0.2, 0.25) is 14.8 Å². The summed E-state index contributed by atoms with van der Waals surface area (Å²) in [5.74, 6) is -0.114. The average molecular weight is 465 g/mol. The molecule has 1 amide bonds. The largest absolute Gasteiger partial charge is 0.364 e. The molecular weight excluding hydrogens is 440 g/mol. The van der Waals surface area contributed by atoms with Gasteiger partial charge in [-0.05, 0) is 38.2 Å². The Hall–Kier alpha value is -2.61. The van der Waals surface area contributed by atoms with Crippen molar-refractivity contribution in [1.29, 1.82) is 0 Å². The van der Waals surface area contributed by atoms with Gasteiger partial charge in [-0.2, -0.15) is 9.29 Å². The second-order valence-corrected chi connectivity index (χ2v) is 9.95. The van der Waals surface area contributed by atoms with Crippen molar-refractivity contribution >= 4 is 33.9 Å². The molecule has 11 nitrogen and oxygen atoms in total. The van der Waals surface area contributed by atoms with Gasteiger partial charge >= 0.3 is 0 Å². The zero-order chi connectivity index (χ0) is 22.5. The highest BCUT2D eigenvalue weighted by molar-refractivity contribution is 7.89. The van der Waals surface area contributed by atoms with E-state index < -0.39 is 15.9 Å². The van der Waals surface area contributed by atoms with E-state index in [4.69, 9.17) is 18.0 Å². The van der Waals surface area contributed by atoms with Crippen molar-refractivity contribution in [3.63, 3.8) is 0 Å². The lowest BCUT2D eigenvalue weighted by Crippen LogP contribution is -2.49. The van der Waals surface area contributed by atoms with Crippen molar-refractivity contribution in [1.82, 2.24) is 32.9 Å². The number of piperazine rings is 1. The van der Waals surface area contributed by atoms with E-state index in [1.807, 2.05) is 29.1 Å². The molecule has 0 unspecified atom stereocenters. The second-order valence-electron chi connectivity index (χ2n) is 7.64. The van der Waals surface area contributed by atoms with Gasteiger partial charge in [0.15, 0.2) is 0 Å². The smallest absolute Gasteiger partial charge is 0.265 e. The van der Waals surface area contributed by atoms with E-state index in [-0.39, 0.29) is 10.6 Å². The summed E-state index contributed by atoms with van der Waals surface area (Å²) in [6.45, 7) is 6.07. The summed E-state index contributed by atoms with van der Waals surface area (Å²) in [5.41, 5.74) is 7.30. The minimum atomic E-state index is -3.71. The van der Waals surface area contributed by atoms with Gasteiger partial charge in [-0.1, -0.05) is 0 Å². The highest BCUT2D eigenvalue weighted by Crippen LogP contribution is 2.20. The maximum atomic E-state index is 13.0. The lowest BCUT2D eigenvalue weighted by atomic mass is 10.4. The first-order valence-corrected chi connectivity index (χ1v) is 11.6. The third-order valence-corrected chi connectivity index (χ3v) is 7.58. The van der Waals surface area contributed by atoms with Crippen LogP contribution in [0.15, 0.2) is 23.2 Å². The Kier molecular flexibility index (Phi) is 5.45. The van der Waals surface area contributed by atoms with Crippen LogP contribution in [0.3, 0.4) is 0 Å². The molecule has 4 rings (SSSR count). The van der Waals surface area contributed by atoms with Crippen molar-refractivity contribution in [3.8, 4) is 0 Å². The zero-order valence-electron chi connectivity index (χ0n) is 17.5. The van der Waals surface area contributed by atoms with E-state index in [0.29, 0.717) is 43.4 Å². The van der Waals surface area contributed by atoms with Gasteiger partial charge < -0.3 is 10.3 Å². The number of aromatic nitrogens is 5. The Bertz CT molecular complexity index is 1330. The number of carbonyl (C=O) groups excluding carboxylic acids is 1. The molecule has 3 aromatic heterocycles. The number of rotatable bonds is 5. The predicted octanol–water partition coefficient (Wildman–Crippen LogP) is 0.279. The fraction of sp³-hybridized carbons (Fsp3) is 0.444. The highest BCUT2D eigenvalue weighted by atomic mass is 32.2. The van der Waals surface area contributed by atoms with Crippen LogP contribution in [0.1, 0.15) is 21.9 Å². The van der Waals surface area contributed by atoms with Gasteiger partial charge in [0, 0.05) is 50.8 Å². The summed E-state index contributed by atoms with van der Waals surface area (Å²) < 4.78 is 33.0. The highest BCUT2D eigenvalue weighted by Gasteiger charge is 2.30. The van der Waals surface area contributed by atoms with Crippen LogP contribution in [-0.4, -0.2) is 73.4 Å². The molecule has 0 aliphatic carbocycles. The Morgan fingerprint density at radius 2 is 1.84 bits per heavy atom. The molecule has 166 valence electrons. The van der Waals surface area contributed by atoms with E-state index in [0.717, 1.165) is 11.4 Å². The number of carbonyl (C=O) groups is 1. The zero-order valence-corrected chi connectivity index (χ0v) is 19.1. The first-order valence-electron chi connectivity index (χ1n) is 9.70. The number of hydrogen-bond acceptors (Lipinski definition) is 7. The molecule has 1 saturated heterocycles. The van der Waals surface area contributed by atoms with Gasteiger partial charge in [-0.3, -0.25) is 9.69 Å². The van der Waals surface area contributed by atoms with Crippen LogP contribution in [0.5, 0.6) is 0 Å². The molecule has 0 spiro atoms. The van der Waals surface area contributed by atoms with Gasteiger partial charge in [0.1, 0.15) is 10.6 Å². The average Bonchev–Trinajstić information content (AvgIpc) is 3.23. The van der Waals surface area contributed by atoms with Crippen LogP contribution in [0.4, 0.5) is 0 Å². The number of aryl methyl sites for hydroxylation is 3. The maximum absolute atomic E-state index is 13.0. The Morgan fingerprint density at radius 1 is 1.16 bits per heavy atom.